The maximum Gasteiger partial charge on any atom is 0.401 e. The molecule has 0 aliphatic rings. The summed E-state index contributed by atoms with van der Waals surface area (Å²) in [6, 6.07) is 0. The van der Waals surface area contributed by atoms with Crippen LogP contribution in [-0.2, 0) is 4.79 Å². The minimum atomic E-state index is -4.31. The molecule has 0 rings (SSSR count). The van der Waals surface area contributed by atoms with Gasteiger partial charge in [0.05, 0.1) is 13.1 Å². The number of carbonyl (C=O) groups is 1. The van der Waals surface area contributed by atoms with Crippen molar-refractivity contribution in [2.75, 3.05) is 26.2 Å². The van der Waals surface area contributed by atoms with Crippen LogP contribution in [0.25, 0.3) is 0 Å². The summed E-state index contributed by atoms with van der Waals surface area (Å²) in [5.41, 5.74) is -0.269. The van der Waals surface area contributed by atoms with Crippen molar-refractivity contribution in [2.45, 2.75) is 26.4 Å². The third-order valence-corrected chi connectivity index (χ3v) is 2.16. The summed E-state index contributed by atoms with van der Waals surface area (Å²) in [5, 5.41) is 13.3. The average molecular weight is 256 g/mol. The molecular weight excluding hydrogens is 237 g/mol. The van der Waals surface area contributed by atoms with E-state index in [0.717, 1.165) is 0 Å². The van der Waals surface area contributed by atoms with Gasteiger partial charge in [0.25, 0.3) is 0 Å². The van der Waals surface area contributed by atoms with Gasteiger partial charge < -0.3 is 15.7 Å². The van der Waals surface area contributed by atoms with Gasteiger partial charge >= 0.3 is 6.18 Å². The number of amides is 1. The second-order valence-corrected chi connectivity index (χ2v) is 4.63. The zero-order chi connectivity index (χ0) is 13.5. The zero-order valence-electron chi connectivity index (χ0n) is 10.0. The van der Waals surface area contributed by atoms with Gasteiger partial charge in [-0.15, -0.1) is 0 Å². The summed E-state index contributed by atoms with van der Waals surface area (Å²) in [7, 11) is 0. The number of carbonyl (C=O) groups excluding carboxylic acids is 1. The summed E-state index contributed by atoms with van der Waals surface area (Å²) >= 11 is 0. The summed E-state index contributed by atoms with van der Waals surface area (Å²) in [4.78, 5) is 11.2. The molecule has 0 saturated heterocycles. The third kappa shape index (κ3) is 10.1. The first-order valence-corrected chi connectivity index (χ1v) is 5.31. The molecular formula is C10H19F3N2O2. The molecule has 0 heterocycles. The summed E-state index contributed by atoms with van der Waals surface area (Å²) in [5.74, 6) is -0.486. The quantitative estimate of drug-likeness (QED) is 0.627. The van der Waals surface area contributed by atoms with E-state index < -0.39 is 18.6 Å². The molecule has 7 heteroatoms. The van der Waals surface area contributed by atoms with E-state index in [9.17, 15) is 18.0 Å². The van der Waals surface area contributed by atoms with Crippen molar-refractivity contribution < 1.29 is 23.1 Å². The summed E-state index contributed by atoms with van der Waals surface area (Å²) in [6.07, 6.45) is -3.79. The number of nitrogens with one attached hydrogen (secondary N) is 2. The smallest absolute Gasteiger partial charge is 0.396 e. The van der Waals surface area contributed by atoms with E-state index in [1.54, 1.807) is 0 Å². The zero-order valence-corrected chi connectivity index (χ0v) is 10.0. The molecule has 0 aromatic rings. The molecule has 0 aromatic carbocycles. The Morgan fingerprint density at radius 2 is 1.82 bits per heavy atom. The Kier molecular flexibility index (Phi) is 6.48. The van der Waals surface area contributed by atoms with Crippen molar-refractivity contribution in [1.82, 2.24) is 10.6 Å². The highest BCUT2D eigenvalue weighted by Crippen LogP contribution is 2.17. The molecule has 0 spiro atoms. The first kappa shape index (κ1) is 16.2. The maximum atomic E-state index is 11.8. The minimum Gasteiger partial charge on any atom is -0.396 e. The number of hydrogen-bond donors (Lipinski definition) is 3. The molecule has 0 aliphatic carbocycles. The predicted octanol–water partition coefficient (Wildman–Crippen LogP) is 0.663. The van der Waals surface area contributed by atoms with Crippen LogP contribution >= 0.6 is 0 Å². The van der Waals surface area contributed by atoms with Gasteiger partial charge in [-0.1, -0.05) is 13.8 Å². The highest BCUT2D eigenvalue weighted by molar-refractivity contribution is 5.78. The fraction of sp³-hybridized carbons (Fsp3) is 0.900. The Bertz CT molecular complexity index is 242. The van der Waals surface area contributed by atoms with Crippen LogP contribution in [0, 0.1) is 5.41 Å². The van der Waals surface area contributed by atoms with E-state index in [1.165, 1.54) is 0 Å². The molecule has 3 N–H and O–H groups in total. The summed E-state index contributed by atoms with van der Waals surface area (Å²) < 4.78 is 35.3. The van der Waals surface area contributed by atoms with Crippen LogP contribution in [0.4, 0.5) is 13.2 Å². The molecule has 0 aromatic heterocycles. The molecule has 4 nitrogen and oxygen atoms in total. The largest absolute Gasteiger partial charge is 0.401 e. The van der Waals surface area contributed by atoms with Crippen molar-refractivity contribution in [2.24, 2.45) is 5.41 Å². The van der Waals surface area contributed by atoms with E-state index in [1.807, 2.05) is 19.2 Å². The fourth-order valence-electron chi connectivity index (χ4n) is 1.11. The Balaban J connectivity index is 3.73. The first-order valence-electron chi connectivity index (χ1n) is 5.31. The Hall–Kier alpha value is -0.820. The predicted molar refractivity (Wildman–Crippen MR) is 57.4 cm³/mol. The van der Waals surface area contributed by atoms with Crippen molar-refractivity contribution in [3.8, 4) is 0 Å². The number of halogens is 3. The average Bonchev–Trinajstić information content (AvgIpc) is 2.13. The normalized spacial score (nSPS) is 12.6. The Labute approximate surface area is 98.6 Å². The van der Waals surface area contributed by atoms with Crippen molar-refractivity contribution in [1.29, 1.82) is 0 Å². The van der Waals surface area contributed by atoms with Crippen LogP contribution in [0.3, 0.4) is 0 Å². The van der Waals surface area contributed by atoms with Gasteiger partial charge in [0.15, 0.2) is 0 Å². The van der Waals surface area contributed by atoms with Gasteiger partial charge in [-0.05, 0) is 11.8 Å². The molecule has 0 atom stereocenters. The van der Waals surface area contributed by atoms with Crippen molar-refractivity contribution >= 4 is 5.91 Å². The molecule has 0 bridgehead atoms. The van der Waals surface area contributed by atoms with E-state index in [-0.39, 0.29) is 18.6 Å². The summed E-state index contributed by atoms with van der Waals surface area (Å²) in [6.45, 7) is 2.49. The van der Waals surface area contributed by atoms with Gasteiger partial charge in [-0.3, -0.25) is 4.79 Å². The van der Waals surface area contributed by atoms with Crippen LogP contribution in [0.1, 0.15) is 20.3 Å². The van der Waals surface area contributed by atoms with Crippen LogP contribution in [0.15, 0.2) is 0 Å². The molecule has 0 aliphatic heterocycles. The number of alkyl halides is 3. The van der Waals surface area contributed by atoms with E-state index in [4.69, 9.17) is 5.11 Å². The molecule has 102 valence electrons. The lowest BCUT2D eigenvalue weighted by molar-refractivity contribution is -0.128. The van der Waals surface area contributed by atoms with Crippen LogP contribution in [0.2, 0.25) is 0 Å². The third-order valence-electron chi connectivity index (χ3n) is 2.16. The highest BCUT2D eigenvalue weighted by Gasteiger charge is 2.26. The minimum absolute atomic E-state index is 0.00912. The van der Waals surface area contributed by atoms with E-state index >= 15 is 0 Å². The molecule has 0 fully saturated rings. The lowest BCUT2D eigenvalue weighted by Gasteiger charge is -2.23. The number of aliphatic hydroxyl groups is 1. The number of aliphatic hydroxyl groups excluding tert-OH is 1. The van der Waals surface area contributed by atoms with Gasteiger partial charge in [-0.2, -0.15) is 13.2 Å². The van der Waals surface area contributed by atoms with E-state index in [2.05, 4.69) is 5.32 Å². The van der Waals surface area contributed by atoms with Crippen molar-refractivity contribution in [3.63, 3.8) is 0 Å². The van der Waals surface area contributed by atoms with Crippen LogP contribution < -0.4 is 10.6 Å². The standard InChI is InChI=1S/C10H19F3N2O2/c1-9(2,3-4-16)6-15-8(17)5-14-7-10(11,12)13/h14,16H,3-7H2,1-2H3,(H,15,17). The monoisotopic (exact) mass is 256 g/mol. The second-order valence-electron chi connectivity index (χ2n) is 4.63. The fourth-order valence-corrected chi connectivity index (χ4v) is 1.11. The SMILES string of the molecule is CC(C)(CCO)CNC(=O)CNCC(F)(F)F. The molecule has 0 saturated carbocycles. The van der Waals surface area contributed by atoms with Gasteiger partial charge in [0, 0.05) is 13.2 Å². The van der Waals surface area contributed by atoms with E-state index in [0.29, 0.717) is 13.0 Å². The second kappa shape index (κ2) is 6.80. The van der Waals surface area contributed by atoms with Crippen LogP contribution in [-0.4, -0.2) is 43.4 Å². The van der Waals surface area contributed by atoms with Gasteiger partial charge in [0.2, 0.25) is 5.91 Å². The Morgan fingerprint density at radius 1 is 1.24 bits per heavy atom. The van der Waals surface area contributed by atoms with Gasteiger partial charge in [-0.25, -0.2) is 0 Å². The molecule has 0 unspecified atom stereocenters. The molecule has 0 radical (unpaired) electrons. The first-order chi connectivity index (χ1) is 7.66. The molecule has 1 amide bonds. The lowest BCUT2D eigenvalue weighted by Crippen LogP contribution is -2.41. The maximum absolute atomic E-state index is 11.8. The number of rotatable bonds is 7. The van der Waals surface area contributed by atoms with Gasteiger partial charge in [0.1, 0.15) is 0 Å². The number of hydrogen-bond acceptors (Lipinski definition) is 3. The Morgan fingerprint density at radius 3 is 2.29 bits per heavy atom. The highest BCUT2D eigenvalue weighted by atomic mass is 19.4. The van der Waals surface area contributed by atoms with Crippen molar-refractivity contribution in [3.05, 3.63) is 0 Å². The molecule has 17 heavy (non-hydrogen) atoms. The lowest BCUT2D eigenvalue weighted by atomic mass is 9.90. The topological polar surface area (TPSA) is 61.4 Å². The van der Waals surface area contributed by atoms with Crippen LogP contribution in [0.5, 0.6) is 0 Å².